The zero-order chi connectivity index (χ0) is 14.5. The van der Waals surface area contributed by atoms with Gasteiger partial charge in [0.2, 0.25) is 0 Å². The lowest BCUT2D eigenvalue weighted by atomic mass is 10.3. The highest BCUT2D eigenvalue weighted by Gasteiger charge is 2.05. The first-order valence-corrected chi connectivity index (χ1v) is 7.11. The van der Waals surface area contributed by atoms with Crippen LogP contribution in [-0.4, -0.2) is 25.6 Å². The monoisotopic (exact) mass is 281 g/mol. The SMILES string of the molecule is C[C@H](Cn1cccn1)NCc1cnn(-c2ccccc2)c1. The summed E-state index contributed by atoms with van der Waals surface area (Å²) in [5, 5.41) is 12.1. The number of hydrogen-bond donors (Lipinski definition) is 1. The van der Waals surface area contributed by atoms with E-state index in [0.29, 0.717) is 6.04 Å². The van der Waals surface area contributed by atoms with E-state index in [-0.39, 0.29) is 0 Å². The molecule has 1 atom stereocenters. The van der Waals surface area contributed by atoms with Crippen LogP contribution in [0, 0.1) is 0 Å². The first kappa shape index (κ1) is 13.6. The van der Waals surface area contributed by atoms with Gasteiger partial charge < -0.3 is 5.32 Å². The quantitative estimate of drug-likeness (QED) is 0.754. The minimum Gasteiger partial charge on any atom is -0.308 e. The van der Waals surface area contributed by atoms with Gasteiger partial charge >= 0.3 is 0 Å². The molecule has 0 unspecified atom stereocenters. The summed E-state index contributed by atoms with van der Waals surface area (Å²) >= 11 is 0. The highest BCUT2D eigenvalue weighted by Crippen LogP contribution is 2.07. The van der Waals surface area contributed by atoms with Gasteiger partial charge in [-0.05, 0) is 25.1 Å². The predicted octanol–water partition coefficient (Wildman–Crippen LogP) is 2.25. The van der Waals surface area contributed by atoms with Gasteiger partial charge in [0.25, 0.3) is 0 Å². The molecule has 0 aliphatic rings. The molecule has 3 aromatic rings. The van der Waals surface area contributed by atoms with Gasteiger partial charge in [0.05, 0.1) is 18.4 Å². The zero-order valence-electron chi connectivity index (χ0n) is 12.1. The summed E-state index contributed by atoms with van der Waals surface area (Å²) in [6.45, 7) is 3.82. The molecule has 0 aliphatic heterocycles. The molecule has 21 heavy (non-hydrogen) atoms. The summed E-state index contributed by atoms with van der Waals surface area (Å²) in [6.07, 6.45) is 7.74. The molecule has 0 aliphatic carbocycles. The van der Waals surface area contributed by atoms with Crippen LogP contribution in [0.2, 0.25) is 0 Å². The highest BCUT2D eigenvalue weighted by atomic mass is 15.3. The Morgan fingerprint density at radius 3 is 2.76 bits per heavy atom. The van der Waals surface area contributed by atoms with E-state index in [9.17, 15) is 0 Å². The van der Waals surface area contributed by atoms with E-state index < -0.39 is 0 Å². The van der Waals surface area contributed by atoms with Crippen LogP contribution in [-0.2, 0) is 13.1 Å². The zero-order valence-corrected chi connectivity index (χ0v) is 12.1. The molecule has 0 radical (unpaired) electrons. The summed E-state index contributed by atoms with van der Waals surface area (Å²) in [5.41, 5.74) is 2.25. The Balaban J connectivity index is 1.55. The second kappa shape index (κ2) is 6.37. The van der Waals surface area contributed by atoms with E-state index in [1.807, 2.05) is 58.2 Å². The van der Waals surface area contributed by atoms with Crippen molar-refractivity contribution in [1.29, 1.82) is 0 Å². The Labute approximate surface area is 124 Å². The number of rotatable bonds is 6. The van der Waals surface area contributed by atoms with E-state index >= 15 is 0 Å². The molecule has 0 spiro atoms. The Morgan fingerprint density at radius 2 is 2.00 bits per heavy atom. The van der Waals surface area contributed by atoms with Gasteiger partial charge in [0.1, 0.15) is 0 Å². The number of para-hydroxylation sites is 1. The molecule has 3 rings (SSSR count). The van der Waals surface area contributed by atoms with Crippen molar-refractivity contribution in [2.75, 3.05) is 0 Å². The molecule has 5 heteroatoms. The van der Waals surface area contributed by atoms with Gasteiger partial charge in [-0.3, -0.25) is 4.68 Å². The van der Waals surface area contributed by atoms with Gasteiger partial charge in [-0.25, -0.2) is 4.68 Å². The molecule has 108 valence electrons. The summed E-state index contributed by atoms with van der Waals surface area (Å²) < 4.78 is 3.83. The lowest BCUT2D eigenvalue weighted by Crippen LogP contribution is -2.30. The summed E-state index contributed by atoms with van der Waals surface area (Å²) in [4.78, 5) is 0. The molecular weight excluding hydrogens is 262 g/mol. The average molecular weight is 281 g/mol. The van der Waals surface area contributed by atoms with Crippen LogP contribution in [0.5, 0.6) is 0 Å². The fourth-order valence-electron chi connectivity index (χ4n) is 2.22. The molecule has 5 nitrogen and oxygen atoms in total. The van der Waals surface area contributed by atoms with Crippen LogP contribution in [0.1, 0.15) is 12.5 Å². The topological polar surface area (TPSA) is 47.7 Å². The van der Waals surface area contributed by atoms with Crippen molar-refractivity contribution in [1.82, 2.24) is 24.9 Å². The highest BCUT2D eigenvalue weighted by molar-refractivity contribution is 5.30. The molecule has 1 aromatic carbocycles. The smallest absolute Gasteiger partial charge is 0.0645 e. The third-order valence-electron chi connectivity index (χ3n) is 3.33. The average Bonchev–Trinajstić information content (AvgIpc) is 3.17. The number of benzene rings is 1. The van der Waals surface area contributed by atoms with Gasteiger partial charge in [-0.1, -0.05) is 18.2 Å². The fourth-order valence-corrected chi connectivity index (χ4v) is 2.22. The summed E-state index contributed by atoms with van der Waals surface area (Å²) in [7, 11) is 0. The number of aromatic nitrogens is 4. The second-order valence-electron chi connectivity index (χ2n) is 5.14. The van der Waals surface area contributed by atoms with E-state index in [4.69, 9.17) is 0 Å². The van der Waals surface area contributed by atoms with Crippen LogP contribution in [0.15, 0.2) is 61.2 Å². The normalized spacial score (nSPS) is 12.4. The van der Waals surface area contributed by atoms with Crippen molar-refractivity contribution < 1.29 is 0 Å². The van der Waals surface area contributed by atoms with Gasteiger partial charge in [0.15, 0.2) is 0 Å². The van der Waals surface area contributed by atoms with Crippen molar-refractivity contribution in [3.05, 3.63) is 66.7 Å². The number of hydrogen-bond acceptors (Lipinski definition) is 3. The molecular formula is C16H19N5. The molecule has 0 saturated carbocycles. The van der Waals surface area contributed by atoms with E-state index in [0.717, 1.165) is 18.8 Å². The number of nitrogens with one attached hydrogen (secondary N) is 1. The summed E-state index contributed by atoms with van der Waals surface area (Å²) in [5.74, 6) is 0. The Hall–Kier alpha value is -2.40. The molecule has 2 heterocycles. The minimum absolute atomic E-state index is 0.352. The lowest BCUT2D eigenvalue weighted by molar-refractivity contribution is 0.451. The van der Waals surface area contributed by atoms with Crippen molar-refractivity contribution in [3.8, 4) is 5.69 Å². The van der Waals surface area contributed by atoms with E-state index in [1.165, 1.54) is 5.56 Å². The first-order chi connectivity index (χ1) is 10.3. The van der Waals surface area contributed by atoms with Crippen LogP contribution in [0.3, 0.4) is 0 Å². The Bertz CT molecular complexity index is 657. The fraction of sp³-hybridized carbons (Fsp3) is 0.250. The van der Waals surface area contributed by atoms with Crippen LogP contribution in [0.4, 0.5) is 0 Å². The van der Waals surface area contributed by atoms with Crippen LogP contribution in [0.25, 0.3) is 5.69 Å². The van der Waals surface area contributed by atoms with Crippen LogP contribution < -0.4 is 5.32 Å². The second-order valence-corrected chi connectivity index (χ2v) is 5.14. The van der Waals surface area contributed by atoms with Gasteiger partial charge in [-0.15, -0.1) is 0 Å². The molecule has 1 N–H and O–H groups in total. The third-order valence-corrected chi connectivity index (χ3v) is 3.33. The maximum absolute atomic E-state index is 4.40. The largest absolute Gasteiger partial charge is 0.308 e. The summed E-state index contributed by atoms with van der Waals surface area (Å²) in [6, 6.07) is 12.4. The van der Waals surface area contributed by atoms with Crippen molar-refractivity contribution >= 4 is 0 Å². The molecule has 0 fully saturated rings. The molecule has 0 saturated heterocycles. The Kier molecular flexibility index (Phi) is 4.12. The standard InChI is InChI=1S/C16H19N5/c1-14(12-20-9-5-8-18-20)17-10-15-11-19-21(13-15)16-6-3-2-4-7-16/h2-9,11,13-14,17H,10,12H2,1H3/t14-/m1/s1. The van der Waals surface area contributed by atoms with Gasteiger partial charge in [-0.2, -0.15) is 10.2 Å². The van der Waals surface area contributed by atoms with Crippen molar-refractivity contribution in [2.45, 2.75) is 26.1 Å². The van der Waals surface area contributed by atoms with Crippen molar-refractivity contribution in [2.24, 2.45) is 0 Å². The van der Waals surface area contributed by atoms with Gasteiger partial charge in [0, 0.05) is 36.7 Å². The minimum atomic E-state index is 0.352. The predicted molar refractivity (Wildman–Crippen MR) is 82.1 cm³/mol. The van der Waals surface area contributed by atoms with Crippen molar-refractivity contribution in [3.63, 3.8) is 0 Å². The molecule has 2 aromatic heterocycles. The lowest BCUT2D eigenvalue weighted by Gasteiger charge is -2.12. The van der Waals surface area contributed by atoms with Crippen LogP contribution >= 0.6 is 0 Å². The maximum atomic E-state index is 4.40. The third kappa shape index (κ3) is 3.58. The van der Waals surface area contributed by atoms with E-state index in [2.05, 4.69) is 28.6 Å². The maximum Gasteiger partial charge on any atom is 0.0645 e. The molecule has 0 bridgehead atoms. The molecule has 0 amide bonds. The van der Waals surface area contributed by atoms with E-state index in [1.54, 1.807) is 6.20 Å². The first-order valence-electron chi connectivity index (χ1n) is 7.11. The number of nitrogens with zero attached hydrogens (tertiary/aromatic N) is 4. The Morgan fingerprint density at radius 1 is 1.14 bits per heavy atom.